The number of hydrogen-bond acceptors (Lipinski definition) is 5. The predicted octanol–water partition coefficient (Wildman–Crippen LogP) is 5.83. The molecule has 0 aliphatic heterocycles. The molecule has 0 aliphatic rings. The van der Waals surface area contributed by atoms with Crippen molar-refractivity contribution in [1.82, 2.24) is 5.32 Å². The largest absolute Gasteiger partial charge is 0.366 e. The highest BCUT2D eigenvalue weighted by Gasteiger charge is 2.17. The summed E-state index contributed by atoms with van der Waals surface area (Å²) in [6.45, 7) is 0. The average Bonchev–Trinajstić information content (AvgIpc) is 2.98. The minimum absolute atomic E-state index is 0.0791. The zero-order chi connectivity index (χ0) is 30.1. The van der Waals surface area contributed by atoms with Gasteiger partial charge in [-0.15, -0.1) is 11.8 Å². The lowest BCUT2D eigenvalue weighted by atomic mass is 10.1. The third kappa shape index (κ3) is 8.63. The van der Waals surface area contributed by atoms with Crippen molar-refractivity contribution in [1.29, 1.82) is 0 Å². The Kier molecular flexibility index (Phi) is 10.2. The molecule has 212 valence electrons. The van der Waals surface area contributed by atoms with Crippen LogP contribution in [0.3, 0.4) is 0 Å². The third-order valence-corrected chi connectivity index (χ3v) is 7.27. The molecule has 0 spiro atoms. The second-order valence-electron chi connectivity index (χ2n) is 8.80. The number of nitrogens with two attached hydrogens (primary N) is 1. The summed E-state index contributed by atoms with van der Waals surface area (Å²) in [4.78, 5) is 50.2. The number of thioether (sulfide) groups is 1. The summed E-state index contributed by atoms with van der Waals surface area (Å²) in [5.41, 5.74) is 6.93. The van der Waals surface area contributed by atoms with Gasteiger partial charge in [0.25, 0.3) is 11.8 Å². The van der Waals surface area contributed by atoms with Crippen LogP contribution in [0.15, 0.2) is 112 Å². The Morgan fingerprint density at radius 1 is 0.810 bits per heavy atom. The van der Waals surface area contributed by atoms with Crippen molar-refractivity contribution < 1.29 is 23.6 Å². The molecule has 0 fully saturated rings. The number of carbonyl (C=O) groups is 4. The fourth-order valence-corrected chi connectivity index (χ4v) is 4.58. The van der Waals surface area contributed by atoms with Crippen LogP contribution in [-0.4, -0.2) is 29.4 Å². The number of amides is 4. The van der Waals surface area contributed by atoms with Crippen molar-refractivity contribution in [2.75, 3.05) is 16.4 Å². The van der Waals surface area contributed by atoms with E-state index in [0.717, 1.165) is 9.37 Å². The smallest absolute Gasteiger partial charge is 0.272 e. The number of carbonyl (C=O) groups excluding carboxylic acids is 4. The highest BCUT2D eigenvalue weighted by molar-refractivity contribution is 9.10. The van der Waals surface area contributed by atoms with Crippen molar-refractivity contribution >= 4 is 68.8 Å². The van der Waals surface area contributed by atoms with Crippen LogP contribution < -0.4 is 21.7 Å². The molecule has 11 heteroatoms. The summed E-state index contributed by atoms with van der Waals surface area (Å²) in [7, 11) is 0. The summed E-state index contributed by atoms with van der Waals surface area (Å²) in [6.07, 6.45) is 1.49. The van der Waals surface area contributed by atoms with Gasteiger partial charge in [-0.2, -0.15) is 0 Å². The molecule has 0 atom stereocenters. The van der Waals surface area contributed by atoms with Gasteiger partial charge in [0, 0.05) is 26.3 Å². The van der Waals surface area contributed by atoms with Crippen molar-refractivity contribution in [2.45, 2.75) is 4.90 Å². The topological polar surface area (TPSA) is 130 Å². The molecule has 0 saturated heterocycles. The summed E-state index contributed by atoms with van der Waals surface area (Å²) in [5.74, 6) is -2.73. The Balaban J connectivity index is 1.39. The minimum Gasteiger partial charge on any atom is -0.366 e. The molecule has 8 nitrogen and oxygen atoms in total. The third-order valence-electron chi connectivity index (χ3n) is 5.73. The van der Waals surface area contributed by atoms with E-state index in [4.69, 9.17) is 5.73 Å². The van der Waals surface area contributed by atoms with Gasteiger partial charge in [0.1, 0.15) is 11.5 Å². The fraction of sp³-hybridized carbons (Fsp3) is 0.0323. The van der Waals surface area contributed by atoms with E-state index in [2.05, 4.69) is 31.9 Å². The highest BCUT2D eigenvalue weighted by Crippen LogP contribution is 2.22. The molecule has 5 N–H and O–H groups in total. The van der Waals surface area contributed by atoms with E-state index in [1.54, 1.807) is 60.7 Å². The monoisotopic (exact) mass is 646 g/mol. The van der Waals surface area contributed by atoms with Crippen molar-refractivity contribution in [3.63, 3.8) is 0 Å². The minimum atomic E-state index is -0.763. The number of hydrogen-bond donors (Lipinski definition) is 4. The lowest BCUT2D eigenvalue weighted by molar-refractivity contribution is -0.114. The van der Waals surface area contributed by atoms with Gasteiger partial charge in [-0.25, -0.2) is 4.39 Å². The van der Waals surface area contributed by atoms with Crippen molar-refractivity contribution in [2.24, 2.45) is 5.73 Å². The van der Waals surface area contributed by atoms with Gasteiger partial charge < -0.3 is 21.7 Å². The number of halogens is 2. The van der Waals surface area contributed by atoms with Gasteiger partial charge in [0.15, 0.2) is 0 Å². The molecule has 0 bridgehead atoms. The maximum Gasteiger partial charge on any atom is 0.272 e. The normalized spacial score (nSPS) is 11.0. The quantitative estimate of drug-likeness (QED) is 0.127. The molecule has 0 saturated carbocycles. The van der Waals surface area contributed by atoms with E-state index in [1.165, 1.54) is 54.2 Å². The van der Waals surface area contributed by atoms with E-state index in [-0.39, 0.29) is 22.9 Å². The fourth-order valence-electron chi connectivity index (χ4n) is 3.62. The van der Waals surface area contributed by atoms with Crippen molar-refractivity contribution in [3.8, 4) is 0 Å². The summed E-state index contributed by atoms with van der Waals surface area (Å²) >= 11 is 4.65. The van der Waals surface area contributed by atoms with E-state index < -0.39 is 23.5 Å². The maximum absolute atomic E-state index is 14.2. The van der Waals surface area contributed by atoms with Crippen LogP contribution in [0.2, 0.25) is 0 Å². The lowest BCUT2D eigenvalue weighted by Gasteiger charge is -2.12. The second-order valence-corrected chi connectivity index (χ2v) is 10.8. The Hall–Kier alpha value is -4.74. The number of anilines is 2. The molecule has 4 aromatic rings. The first-order valence-electron chi connectivity index (χ1n) is 12.4. The Morgan fingerprint density at radius 3 is 2.07 bits per heavy atom. The molecule has 0 unspecified atom stereocenters. The summed E-state index contributed by atoms with van der Waals surface area (Å²) in [6, 6.07) is 25.6. The van der Waals surface area contributed by atoms with E-state index in [1.807, 2.05) is 0 Å². The average molecular weight is 648 g/mol. The van der Waals surface area contributed by atoms with Crippen LogP contribution in [0.25, 0.3) is 6.08 Å². The van der Waals surface area contributed by atoms with Gasteiger partial charge in [-0.1, -0.05) is 40.2 Å². The van der Waals surface area contributed by atoms with Gasteiger partial charge >= 0.3 is 0 Å². The molecule has 42 heavy (non-hydrogen) atoms. The van der Waals surface area contributed by atoms with E-state index in [9.17, 15) is 23.6 Å². The number of nitrogens with one attached hydrogen (secondary N) is 3. The molecule has 4 rings (SSSR count). The standard InChI is InChI=1S/C31H24BrFN4O4S/c32-21-9-5-19(6-10-21)17-27(37-30(40)25-3-1-2-4-26(25)33)31(41)36-23-13-15-24(16-14-23)42-18-28(38)35-22-11-7-20(8-12-22)29(34)39/h1-17H,18H2,(H2,34,39)(H,35,38)(H,36,41)(H,37,40)/b27-17+. The van der Waals surface area contributed by atoms with Crippen LogP contribution in [0.5, 0.6) is 0 Å². The molecule has 4 amide bonds. The number of primary amides is 1. The van der Waals surface area contributed by atoms with Crippen molar-refractivity contribution in [3.05, 3.63) is 130 Å². The Bertz CT molecular complexity index is 1640. The zero-order valence-electron chi connectivity index (χ0n) is 21.9. The SMILES string of the molecule is NC(=O)c1ccc(NC(=O)CSc2ccc(NC(=O)/C(=C\c3ccc(Br)cc3)NC(=O)c3ccccc3F)cc2)cc1. The van der Waals surface area contributed by atoms with Crippen LogP contribution >= 0.6 is 27.7 Å². The second kappa shape index (κ2) is 14.2. The van der Waals surface area contributed by atoms with E-state index >= 15 is 0 Å². The molecule has 0 aromatic heterocycles. The molecule has 4 aromatic carbocycles. The summed E-state index contributed by atoms with van der Waals surface area (Å²) in [5, 5.41) is 8.00. The Morgan fingerprint density at radius 2 is 1.43 bits per heavy atom. The van der Waals surface area contributed by atoms with E-state index in [0.29, 0.717) is 22.5 Å². The lowest BCUT2D eigenvalue weighted by Crippen LogP contribution is -2.31. The van der Waals surface area contributed by atoms with Gasteiger partial charge in [-0.3, -0.25) is 19.2 Å². The van der Waals surface area contributed by atoms with Gasteiger partial charge in [0.2, 0.25) is 11.8 Å². The maximum atomic E-state index is 14.2. The Labute approximate surface area is 253 Å². The molecule has 0 aliphatic carbocycles. The first-order valence-corrected chi connectivity index (χ1v) is 14.2. The zero-order valence-corrected chi connectivity index (χ0v) is 24.3. The molecule has 0 radical (unpaired) electrons. The van der Waals surface area contributed by atoms with Crippen LogP contribution in [-0.2, 0) is 9.59 Å². The molecular weight excluding hydrogens is 623 g/mol. The number of benzene rings is 4. The first-order chi connectivity index (χ1) is 20.2. The molecular formula is C31H24BrFN4O4S. The van der Waals surface area contributed by atoms with Crippen LogP contribution in [0, 0.1) is 5.82 Å². The van der Waals surface area contributed by atoms with Gasteiger partial charge in [0.05, 0.1) is 11.3 Å². The number of rotatable bonds is 10. The first kappa shape index (κ1) is 30.2. The van der Waals surface area contributed by atoms with Crippen LogP contribution in [0.4, 0.5) is 15.8 Å². The van der Waals surface area contributed by atoms with Gasteiger partial charge in [-0.05, 0) is 84.4 Å². The van der Waals surface area contributed by atoms with Crippen LogP contribution in [0.1, 0.15) is 26.3 Å². The molecule has 0 heterocycles. The summed E-state index contributed by atoms with van der Waals surface area (Å²) < 4.78 is 15.0. The predicted molar refractivity (Wildman–Crippen MR) is 165 cm³/mol. The highest BCUT2D eigenvalue weighted by atomic mass is 79.9.